The molecule has 4 aromatic rings. The third kappa shape index (κ3) is 5.98. The highest BCUT2D eigenvalue weighted by Crippen LogP contribution is 2.29. The van der Waals surface area contributed by atoms with Crippen molar-refractivity contribution in [1.82, 2.24) is 9.88 Å². The second-order valence-corrected chi connectivity index (χ2v) is 10.4. The Kier molecular flexibility index (Phi) is 8.09. The monoisotopic (exact) mass is 530 g/mol. The summed E-state index contributed by atoms with van der Waals surface area (Å²) in [5.74, 6) is -0.966. The summed E-state index contributed by atoms with van der Waals surface area (Å²) in [4.78, 5) is 24.3. The highest BCUT2D eigenvalue weighted by Gasteiger charge is 2.18. The number of carbonyl (C=O) groups is 2. The number of nitrogens with one attached hydrogen (secondary N) is 1. The standard InChI is InChI=1S/C32H35FN2O4/c1-18(2)23-8-7-9-24(14-23)20(4)34-31(36)25-10-13-30-28(16-25)19(3)21(5)35(30)17-26-15-27(11-12-29(26)33)39-22(6)32(37)38/h7-16,18,20,22H,17H2,1-6H3,(H,34,36)(H,37,38)/t20-,22?/m0/s1. The summed E-state index contributed by atoms with van der Waals surface area (Å²) < 4.78 is 22.2. The van der Waals surface area contributed by atoms with Crippen LogP contribution in [-0.4, -0.2) is 27.7 Å². The number of amides is 1. The summed E-state index contributed by atoms with van der Waals surface area (Å²) in [6, 6.07) is 17.9. The Bertz CT molecular complexity index is 1540. The third-order valence-corrected chi connectivity index (χ3v) is 7.33. The summed E-state index contributed by atoms with van der Waals surface area (Å²) in [5.41, 5.74) is 6.05. The van der Waals surface area contributed by atoms with Gasteiger partial charge in [0, 0.05) is 27.7 Å². The first kappa shape index (κ1) is 27.9. The predicted octanol–water partition coefficient (Wildman–Crippen LogP) is 6.91. The maximum absolute atomic E-state index is 14.8. The van der Waals surface area contributed by atoms with Gasteiger partial charge in [0.15, 0.2) is 6.10 Å². The van der Waals surface area contributed by atoms with Gasteiger partial charge in [0.2, 0.25) is 0 Å². The zero-order valence-electron chi connectivity index (χ0n) is 23.2. The Labute approximate surface area is 228 Å². The lowest BCUT2D eigenvalue weighted by Gasteiger charge is -2.17. The molecule has 0 saturated carbocycles. The zero-order chi connectivity index (χ0) is 28.4. The number of halogens is 1. The first-order valence-electron chi connectivity index (χ1n) is 13.1. The number of hydrogen-bond donors (Lipinski definition) is 2. The number of aryl methyl sites for hydroxylation is 1. The number of ether oxygens (including phenoxy) is 1. The molecule has 204 valence electrons. The number of fused-ring (bicyclic) bond motifs is 1. The van der Waals surface area contributed by atoms with Crippen LogP contribution in [-0.2, 0) is 11.3 Å². The molecule has 3 aromatic carbocycles. The van der Waals surface area contributed by atoms with Gasteiger partial charge >= 0.3 is 5.97 Å². The third-order valence-electron chi connectivity index (χ3n) is 7.33. The largest absolute Gasteiger partial charge is 0.479 e. The molecule has 0 radical (unpaired) electrons. The Morgan fingerprint density at radius 1 is 0.974 bits per heavy atom. The first-order valence-corrected chi connectivity index (χ1v) is 13.1. The molecule has 2 atom stereocenters. The number of carboxylic acids is 1. The average Bonchev–Trinajstić information content (AvgIpc) is 3.14. The molecular weight excluding hydrogens is 495 g/mol. The molecule has 1 aromatic heterocycles. The number of carbonyl (C=O) groups excluding carboxylic acids is 1. The van der Waals surface area contributed by atoms with Crippen LogP contribution in [0.4, 0.5) is 4.39 Å². The maximum Gasteiger partial charge on any atom is 0.344 e. The van der Waals surface area contributed by atoms with Crippen LogP contribution in [0.25, 0.3) is 10.9 Å². The van der Waals surface area contributed by atoms with Crippen molar-refractivity contribution in [1.29, 1.82) is 0 Å². The summed E-state index contributed by atoms with van der Waals surface area (Å²) >= 11 is 0. The number of aliphatic carboxylic acids is 1. The van der Waals surface area contributed by atoms with E-state index in [0.717, 1.165) is 27.7 Å². The van der Waals surface area contributed by atoms with E-state index in [9.17, 15) is 14.0 Å². The highest BCUT2D eigenvalue weighted by molar-refractivity contribution is 5.99. The number of aromatic nitrogens is 1. The second kappa shape index (κ2) is 11.3. The molecule has 0 fully saturated rings. The van der Waals surface area contributed by atoms with Gasteiger partial charge in [-0.3, -0.25) is 4.79 Å². The molecule has 7 heteroatoms. The van der Waals surface area contributed by atoms with Crippen molar-refractivity contribution in [2.75, 3.05) is 0 Å². The van der Waals surface area contributed by atoms with E-state index in [2.05, 4.69) is 31.3 Å². The normalized spacial score (nSPS) is 12.9. The van der Waals surface area contributed by atoms with Gasteiger partial charge in [-0.1, -0.05) is 38.1 Å². The Morgan fingerprint density at radius 2 is 1.69 bits per heavy atom. The van der Waals surface area contributed by atoms with E-state index in [0.29, 0.717) is 22.8 Å². The molecule has 0 spiro atoms. The van der Waals surface area contributed by atoms with Crippen LogP contribution >= 0.6 is 0 Å². The molecule has 0 saturated heterocycles. The lowest BCUT2D eigenvalue weighted by molar-refractivity contribution is -0.144. The first-order chi connectivity index (χ1) is 18.5. The fourth-order valence-electron chi connectivity index (χ4n) is 4.72. The summed E-state index contributed by atoms with van der Waals surface area (Å²) in [6.07, 6.45) is -1.05. The molecule has 6 nitrogen and oxygen atoms in total. The zero-order valence-corrected chi connectivity index (χ0v) is 23.2. The Balaban J connectivity index is 1.59. The Morgan fingerprint density at radius 3 is 2.38 bits per heavy atom. The van der Waals surface area contributed by atoms with Gasteiger partial charge < -0.3 is 19.7 Å². The van der Waals surface area contributed by atoms with Crippen LogP contribution in [0.15, 0.2) is 60.7 Å². The van der Waals surface area contributed by atoms with Crippen molar-refractivity contribution in [2.45, 2.75) is 66.2 Å². The van der Waals surface area contributed by atoms with E-state index in [1.54, 1.807) is 6.07 Å². The van der Waals surface area contributed by atoms with E-state index in [1.807, 2.05) is 49.6 Å². The minimum atomic E-state index is -1.10. The minimum Gasteiger partial charge on any atom is -0.479 e. The van der Waals surface area contributed by atoms with E-state index >= 15 is 0 Å². The molecule has 39 heavy (non-hydrogen) atoms. The van der Waals surface area contributed by atoms with Gasteiger partial charge in [-0.2, -0.15) is 0 Å². The smallest absolute Gasteiger partial charge is 0.344 e. The van der Waals surface area contributed by atoms with Gasteiger partial charge in [0.1, 0.15) is 11.6 Å². The predicted molar refractivity (Wildman–Crippen MR) is 151 cm³/mol. The van der Waals surface area contributed by atoms with Gasteiger partial charge in [0.25, 0.3) is 5.91 Å². The summed E-state index contributed by atoms with van der Waals surface area (Å²) in [7, 11) is 0. The van der Waals surface area contributed by atoms with Gasteiger partial charge in [-0.15, -0.1) is 0 Å². The van der Waals surface area contributed by atoms with Crippen molar-refractivity contribution < 1.29 is 23.8 Å². The van der Waals surface area contributed by atoms with Crippen LogP contribution in [0, 0.1) is 19.7 Å². The van der Waals surface area contributed by atoms with Gasteiger partial charge in [-0.25, -0.2) is 9.18 Å². The topological polar surface area (TPSA) is 80.6 Å². The van der Waals surface area contributed by atoms with E-state index in [-0.39, 0.29) is 18.5 Å². The van der Waals surface area contributed by atoms with Crippen LogP contribution in [0.3, 0.4) is 0 Å². The van der Waals surface area contributed by atoms with E-state index in [4.69, 9.17) is 9.84 Å². The molecule has 2 N–H and O–H groups in total. The number of nitrogens with zero attached hydrogens (tertiary/aromatic N) is 1. The SMILES string of the molecule is Cc1c(C)n(Cc2cc(OC(C)C(=O)O)ccc2F)c2ccc(C(=O)N[C@@H](C)c3cccc(C(C)C)c3)cc12. The molecular formula is C32H35FN2O4. The number of benzene rings is 3. The highest BCUT2D eigenvalue weighted by atomic mass is 19.1. The molecule has 1 unspecified atom stereocenters. The van der Waals surface area contributed by atoms with Crippen molar-refractivity contribution in [3.63, 3.8) is 0 Å². The molecule has 1 heterocycles. The summed E-state index contributed by atoms with van der Waals surface area (Å²) in [5, 5.41) is 13.2. The van der Waals surface area contributed by atoms with Crippen molar-refractivity contribution >= 4 is 22.8 Å². The van der Waals surface area contributed by atoms with Crippen molar-refractivity contribution in [2.24, 2.45) is 0 Å². The van der Waals surface area contributed by atoms with Crippen LogP contribution in [0.2, 0.25) is 0 Å². The fraction of sp³-hybridized carbons (Fsp3) is 0.312. The van der Waals surface area contributed by atoms with Crippen LogP contribution in [0.5, 0.6) is 5.75 Å². The number of rotatable bonds is 9. The molecule has 0 aliphatic carbocycles. The van der Waals surface area contributed by atoms with Crippen molar-refractivity contribution in [3.05, 3.63) is 100.0 Å². The molecule has 1 amide bonds. The number of carboxylic acid groups (broad SMARTS) is 1. The quantitative estimate of drug-likeness (QED) is 0.246. The molecule has 4 rings (SSSR count). The fourth-order valence-corrected chi connectivity index (χ4v) is 4.72. The lowest BCUT2D eigenvalue weighted by Crippen LogP contribution is -2.26. The molecule has 0 bridgehead atoms. The lowest BCUT2D eigenvalue weighted by atomic mass is 9.98. The van der Waals surface area contributed by atoms with E-state index < -0.39 is 17.9 Å². The Hall–Kier alpha value is -4.13. The minimum absolute atomic E-state index is 0.152. The van der Waals surface area contributed by atoms with Gasteiger partial charge in [0.05, 0.1) is 12.6 Å². The molecule has 0 aliphatic rings. The summed E-state index contributed by atoms with van der Waals surface area (Å²) in [6.45, 7) is 11.9. The van der Waals surface area contributed by atoms with Crippen molar-refractivity contribution in [3.8, 4) is 5.75 Å². The number of hydrogen-bond acceptors (Lipinski definition) is 3. The maximum atomic E-state index is 14.8. The molecule has 0 aliphatic heterocycles. The van der Waals surface area contributed by atoms with Crippen LogP contribution in [0.1, 0.15) is 78.0 Å². The van der Waals surface area contributed by atoms with E-state index in [1.165, 1.54) is 30.7 Å². The van der Waals surface area contributed by atoms with Crippen LogP contribution < -0.4 is 10.1 Å². The van der Waals surface area contributed by atoms with Gasteiger partial charge in [-0.05, 0) is 86.7 Å². The average molecular weight is 531 g/mol. The second-order valence-electron chi connectivity index (χ2n) is 10.4.